The average Bonchev–Trinajstić information content (AvgIpc) is 3.48. The first-order valence-corrected chi connectivity index (χ1v) is 13.0. The van der Waals surface area contributed by atoms with Crippen molar-refractivity contribution in [3.8, 4) is 0 Å². The highest BCUT2D eigenvalue weighted by Crippen LogP contribution is 2.28. The maximum atomic E-state index is 13.5. The van der Waals surface area contributed by atoms with Crippen LogP contribution in [0.4, 0.5) is 11.4 Å². The standard InChI is InChI=1S/C24H30ClN5O3S/c25-15-10-12-18(13-11-15)30(14-19(31)27-16-8-4-5-9-16)24(33)22-20(26)21(29-34-22)23(32)28-17-6-2-1-3-7-17/h10-13,16-17H,1-9,14,26H2,(H,27,31)(H,28,32). The van der Waals surface area contributed by atoms with E-state index in [1.807, 2.05) is 0 Å². The van der Waals surface area contributed by atoms with E-state index in [4.69, 9.17) is 17.3 Å². The van der Waals surface area contributed by atoms with Crippen LogP contribution in [0.2, 0.25) is 5.02 Å². The van der Waals surface area contributed by atoms with Gasteiger partial charge in [-0.2, -0.15) is 4.37 Å². The second-order valence-corrected chi connectivity index (χ2v) is 10.2. The van der Waals surface area contributed by atoms with Crippen molar-refractivity contribution in [3.05, 3.63) is 39.9 Å². The van der Waals surface area contributed by atoms with Gasteiger partial charge in [0.15, 0.2) is 5.69 Å². The van der Waals surface area contributed by atoms with Gasteiger partial charge in [-0.25, -0.2) is 0 Å². The first kappa shape index (κ1) is 24.5. The monoisotopic (exact) mass is 503 g/mol. The summed E-state index contributed by atoms with van der Waals surface area (Å²) in [6.07, 6.45) is 9.29. The molecular formula is C24H30ClN5O3S. The predicted molar refractivity (Wildman–Crippen MR) is 134 cm³/mol. The molecule has 2 aliphatic rings. The fraction of sp³-hybridized carbons (Fsp3) is 0.500. The Bertz CT molecular complexity index is 1030. The van der Waals surface area contributed by atoms with Gasteiger partial charge < -0.3 is 16.4 Å². The second-order valence-electron chi connectivity index (χ2n) is 9.00. The Morgan fingerprint density at radius 1 is 0.971 bits per heavy atom. The summed E-state index contributed by atoms with van der Waals surface area (Å²) >= 11 is 6.90. The third kappa shape index (κ3) is 5.88. The lowest BCUT2D eigenvalue weighted by atomic mass is 9.95. The van der Waals surface area contributed by atoms with Crippen LogP contribution in [-0.2, 0) is 4.79 Å². The third-order valence-electron chi connectivity index (χ3n) is 6.48. The van der Waals surface area contributed by atoms with Crippen LogP contribution in [0, 0.1) is 0 Å². The summed E-state index contributed by atoms with van der Waals surface area (Å²) in [6.45, 7) is -0.169. The molecule has 34 heavy (non-hydrogen) atoms. The number of nitrogens with two attached hydrogens (primary N) is 1. The van der Waals surface area contributed by atoms with Crippen LogP contribution in [-0.4, -0.2) is 40.7 Å². The Hall–Kier alpha value is -2.65. The molecule has 3 amide bonds. The molecule has 0 bridgehead atoms. The highest BCUT2D eigenvalue weighted by atomic mass is 35.5. The number of benzene rings is 1. The van der Waals surface area contributed by atoms with E-state index in [2.05, 4.69) is 15.0 Å². The van der Waals surface area contributed by atoms with Crippen LogP contribution in [0.3, 0.4) is 0 Å². The Morgan fingerprint density at radius 2 is 1.56 bits per heavy atom. The van der Waals surface area contributed by atoms with Crippen LogP contribution >= 0.6 is 23.1 Å². The van der Waals surface area contributed by atoms with Gasteiger partial charge in [-0.3, -0.25) is 19.3 Å². The van der Waals surface area contributed by atoms with Gasteiger partial charge in [0.25, 0.3) is 11.8 Å². The molecule has 0 saturated heterocycles. The molecule has 2 aliphatic carbocycles. The van der Waals surface area contributed by atoms with Gasteiger partial charge in [0.2, 0.25) is 5.91 Å². The number of amides is 3. The zero-order valence-electron chi connectivity index (χ0n) is 19.0. The molecule has 4 rings (SSSR count). The number of carbonyl (C=O) groups excluding carboxylic acids is 3. The molecule has 1 aromatic carbocycles. The molecule has 0 atom stereocenters. The molecule has 0 spiro atoms. The minimum atomic E-state index is -0.476. The zero-order chi connectivity index (χ0) is 24.1. The molecule has 2 fully saturated rings. The number of carbonyl (C=O) groups is 3. The maximum absolute atomic E-state index is 13.5. The van der Waals surface area contributed by atoms with Gasteiger partial charge in [0.1, 0.15) is 11.4 Å². The number of halogens is 1. The molecule has 0 unspecified atom stereocenters. The first-order chi connectivity index (χ1) is 16.4. The van der Waals surface area contributed by atoms with E-state index in [0.717, 1.165) is 62.9 Å². The quantitative estimate of drug-likeness (QED) is 0.524. The summed E-state index contributed by atoms with van der Waals surface area (Å²) in [5, 5.41) is 6.52. The molecule has 1 aromatic heterocycles. The Kier molecular flexibility index (Phi) is 8.05. The molecule has 182 valence electrons. The number of nitrogens with one attached hydrogen (secondary N) is 2. The number of nitrogens with zero attached hydrogens (tertiary/aromatic N) is 2. The second kappa shape index (κ2) is 11.2. The number of anilines is 2. The van der Waals surface area contributed by atoms with Gasteiger partial charge >= 0.3 is 0 Å². The summed E-state index contributed by atoms with van der Waals surface area (Å²) in [7, 11) is 0. The maximum Gasteiger partial charge on any atom is 0.273 e. The van der Waals surface area contributed by atoms with E-state index in [-0.39, 0.29) is 46.7 Å². The first-order valence-electron chi connectivity index (χ1n) is 11.8. The largest absolute Gasteiger partial charge is 0.395 e. The Balaban J connectivity index is 1.52. The van der Waals surface area contributed by atoms with Crippen molar-refractivity contribution in [2.45, 2.75) is 69.9 Å². The van der Waals surface area contributed by atoms with Crippen LogP contribution in [0.1, 0.15) is 77.9 Å². The molecule has 2 aromatic rings. The van der Waals surface area contributed by atoms with E-state index in [9.17, 15) is 14.4 Å². The zero-order valence-corrected chi connectivity index (χ0v) is 20.6. The van der Waals surface area contributed by atoms with E-state index in [0.29, 0.717) is 10.7 Å². The summed E-state index contributed by atoms with van der Waals surface area (Å²) in [4.78, 5) is 40.5. The smallest absolute Gasteiger partial charge is 0.273 e. The highest BCUT2D eigenvalue weighted by Gasteiger charge is 2.29. The lowest BCUT2D eigenvalue weighted by molar-refractivity contribution is -0.120. The third-order valence-corrected chi connectivity index (χ3v) is 7.59. The van der Waals surface area contributed by atoms with Crippen molar-refractivity contribution in [2.75, 3.05) is 17.2 Å². The molecule has 4 N–H and O–H groups in total. The SMILES string of the molecule is Nc1c(C(=O)NC2CCCCC2)nsc1C(=O)N(CC(=O)NC1CCCC1)c1ccc(Cl)cc1. The van der Waals surface area contributed by atoms with Gasteiger partial charge in [0, 0.05) is 22.8 Å². The van der Waals surface area contributed by atoms with Crippen LogP contribution in [0.25, 0.3) is 0 Å². The van der Waals surface area contributed by atoms with Crippen molar-refractivity contribution in [2.24, 2.45) is 0 Å². The Labute approximate surface area is 208 Å². The lowest BCUT2D eigenvalue weighted by Crippen LogP contribution is -2.43. The lowest BCUT2D eigenvalue weighted by Gasteiger charge is -2.23. The molecule has 0 aliphatic heterocycles. The molecule has 1 heterocycles. The molecule has 8 nitrogen and oxygen atoms in total. The highest BCUT2D eigenvalue weighted by molar-refractivity contribution is 7.09. The molecule has 10 heteroatoms. The molecular weight excluding hydrogens is 474 g/mol. The summed E-state index contributed by atoms with van der Waals surface area (Å²) in [5.74, 6) is -1.08. The van der Waals surface area contributed by atoms with Crippen molar-refractivity contribution in [3.63, 3.8) is 0 Å². The van der Waals surface area contributed by atoms with Crippen LogP contribution in [0.5, 0.6) is 0 Å². The number of hydrogen-bond acceptors (Lipinski definition) is 6. The number of nitrogen functional groups attached to an aromatic ring is 1. The van der Waals surface area contributed by atoms with E-state index >= 15 is 0 Å². The Morgan fingerprint density at radius 3 is 2.21 bits per heavy atom. The van der Waals surface area contributed by atoms with Gasteiger partial charge in [-0.05, 0) is 61.5 Å². The van der Waals surface area contributed by atoms with Crippen molar-refractivity contribution in [1.82, 2.24) is 15.0 Å². The summed E-state index contributed by atoms with van der Waals surface area (Å²) in [5.41, 5.74) is 6.84. The van der Waals surface area contributed by atoms with E-state index < -0.39 is 5.91 Å². The fourth-order valence-electron chi connectivity index (χ4n) is 4.63. The number of hydrogen-bond donors (Lipinski definition) is 3. The van der Waals surface area contributed by atoms with Crippen molar-refractivity contribution < 1.29 is 14.4 Å². The van der Waals surface area contributed by atoms with E-state index in [1.165, 1.54) is 11.3 Å². The minimum Gasteiger partial charge on any atom is -0.395 e. The van der Waals surface area contributed by atoms with Crippen LogP contribution < -0.4 is 21.3 Å². The average molecular weight is 504 g/mol. The fourth-order valence-corrected chi connectivity index (χ4v) is 5.50. The minimum absolute atomic E-state index is 0.0403. The predicted octanol–water partition coefficient (Wildman–Crippen LogP) is 4.15. The molecule has 2 saturated carbocycles. The van der Waals surface area contributed by atoms with Gasteiger partial charge in [-0.1, -0.05) is 43.7 Å². The van der Waals surface area contributed by atoms with Crippen molar-refractivity contribution >= 4 is 52.2 Å². The number of rotatable bonds is 7. The number of aromatic nitrogens is 1. The van der Waals surface area contributed by atoms with Crippen LogP contribution in [0.15, 0.2) is 24.3 Å². The van der Waals surface area contributed by atoms with Crippen molar-refractivity contribution in [1.29, 1.82) is 0 Å². The summed E-state index contributed by atoms with van der Waals surface area (Å²) in [6, 6.07) is 6.91. The normalized spacial score (nSPS) is 16.9. The summed E-state index contributed by atoms with van der Waals surface area (Å²) < 4.78 is 4.19. The molecule has 0 radical (unpaired) electrons. The van der Waals surface area contributed by atoms with Gasteiger partial charge in [-0.15, -0.1) is 0 Å². The topological polar surface area (TPSA) is 117 Å². The van der Waals surface area contributed by atoms with E-state index in [1.54, 1.807) is 24.3 Å². The van der Waals surface area contributed by atoms with Gasteiger partial charge in [0.05, 0.1) is 5.69 Å².